The van der Waals surface area contributed by atoms with Gasteiger partial charge < -0.3 is 4.98 Å². The Morgan fingerprint density at radius 3 is 2.86 bits per heavy atom. The first-order valence-corrected chi connectivity index (χ1v) is 5.32. The third-order valence-electron chi connectivity index (χ3n) is 2.27. The molecule has 2 rings (SSSR count). The molecule has 0 bridgehead atoms. The standard InChI is InChI=1S/C10H9IN2O/c1-5-3-7-8(11)4-12-10(14)9(7)13-6(5)2/h3-4H,1-2H3,(H,12,14). The van der Waals surface area contributed by atoms with Crippen LogP contribution < -0.4 is 5.56 Å². The average molecular weight is 300 g/mol. The van der Waals surface area contributed by atoms with Gasteiger partial charge >= 0.3 is 0 Å². The minimum absolute atomic E-state index is 0.122. The van der Waals surface area contributed by atoms with Crippen LogP contribution in [0.4, 0.5) is 0 Å². The van der Waals surface area contributed by atoms with E-state index in [0.29, 0.717) is 5.52 Å². The van der Waals surface area contributed by atoms with E-state index in [1.807, 2.05) is 19.9 Å². The number of fused-ring (bicyclic) bond motifs is 1. The van der Waals surface area contributed by atoms with Gasteiger partial charge in [-0.25, -0.2) is 4.98 Å². The monoisotopic (exact) mass is 300 g/mol. The highest BCUT2D eigenvalue weighted by Gasteiger charge is 2.05. The van der Waals surface area contributed by atoms with Gasteiger partial charge in [0.25, 0.3) is 5.56 Å². The van der Waals surface area contributed by atoms with Crippen molar-refractivity contribution in [2.75, 3.05) is 0 Å². The normalized spacial score (nSPS) is 10.8. The molecule has 0 radical (unpaired) electrons. The van der Waals surface area contributed by atoms with Crippen LogP contribution in [0.2, 0.25) is 0 Å². The predicted octanol–water partition coefficient (Wildman–Crippen LogP) is 2.14. The molecule has 0 aromatic carbocycles. The Morgan fingerprint density at radius 2 is 2.14 bits per heavy atom. The molecule has 14 heavy (non-hydrogen) atoms. The van der Waals surface area contributed by atoms with Gasteiger partial charge in [0.15, 0.2) is 0 Å². The van der Waals surface area contributed by atoms with Crippen molar-refractivity contribution < 1.29 is 0 Å². The Bertz CT molecular complexity index is 560. The number of rotatable bonds is 0. The second kappa shape index (κ2) is 3.34. The highest BCUT2D eigenvalue weighted by Crippen LogP contribution is 2.17. The summed E-state index contributed by atoms with van der Waals surface area (Å²) in [5.74, 6) is 0. The molecule has 72 valence electrons. The molecule has 2 aromatic heterocycles. The van der Waals surface area contributed by atoms with Gasteiger partial charge in [0, 0.05) is 20.8 Å². The van der Waals surface area contributed by atoms with E-state index < -0.39 is 0 Å². The lowest BCUT2D eigenvalue weighted by Crippen LogP contribution is -2.09. The van der Waals surface area contributed by atoms with Crippen LogP contribution in [-0.2, 0) is 0 Å². The molecule has 0 aliphatic carbocycles. The van der Waals surface area contributed by atoms with E-state index in [1.165, 1.54) is 0 Å². The van der Waals surface area contributed by atoms with Gasteiger partial charge in [0.05, 0.1) is 0 Å². The number of aromatic nitrogens is 2. The van der Waals surface area contributed by atoms with Crippen LogP contribution in [0.1, 0.15) is 11.3 Å². The molecule has 0 fully saturated rings. The van der Waals surface area contributed by atoms with E-state index in [2.05, 4.69) is 32.6 Å². The molecule has 0 saturated heterocycles. The summed E-state index contributed by atoms with van der Waals surface area (Å²) in [4.78, 5) is 18.4. The molecule has 0 aliphatic heterocycles. The molecule has 0 amide bonds. The van der Waals surface area contributed by atoms with Crippen LogP contribution in [0, 0.1) is 17.4 Å². The SMILES string of the molecule is Cc1cc2c(I)c[nH]c(=O)c2nc1C. The first-order chi connectivity index (χ1) is 6.59. The summed E-state index contributed by atoms with van der Waals surface area (Å²) >= 11 is 2.19. The Hall–Kier alpha value is -0.910. The van der Waals surface area contributed by atoms with Crippen molar-refractivity contribution in [2.45, 2.75) is 13.8 Å². The van der Waals surface area contributed by atoms with Crippen LogP contribution in [0.5, 0.6) is 0 Å². The fourth-order valence-electron chi connectivity index (χ4n) is 1.34. The molecule has 1 N–H and O–H groups in total. The smallest absolute Gasteiger partial charge is 0.274 e. The van der Waals surface area contributed by atoms with Crippen LogP contribution in [-0.4, -0.2) is 9.97 Å². The molecular weight excluding hydrogens is 291 g/mol. The number of halogens is 1. The van der Waals surface area contributed by atoms with E-state index >= 15 is 0 Å². The average Bonchev–Trinajstić information content (AvgIpc) is 2.15. The van der Waals surface area contributed by atoms with Crippen molar-refractivity contribution in [1.82, 2.24) is 9.97 Å². The van der Waals surface area contributed by atoms with Gasteiger partial charge in [0.2, 0.25) is 0 Å². The number of aryl methyl sites for hydroxylation is 2. The maximum atomic E-state index is 11.5. The minimum atomic E-state index is -0.122. The molecule has 2 aromatic rings. The Morgan fingerprint density at radius 1 is 1.43 bits per heavy atom. The predicted molar refractivity (Wildman–Crippen MR) is 64.6 cm³/mol. The third-order valence-corrected chi connectivity index (χ3v) is 3.16. The zero-order chi connectivity index (χ0) is 10.3. The van der Waals surface area contributed by atoms with Crippen molar-refractivity contribution >= 4 is 33.5 Å². The fourth-order valence-corrected chi connectivity index (χ4v) is 1.90. The van der Waals surface area contributed by atoms with Gasteiger partial charge in [-0.15, -0.1) is 0 Å². The number of aromatic amines is 1. The summed E-state index contributed by atoms with van der Waals surface area (Å²) in [7, 11) is 0. The summed E-state index contributed by atoms with van der Waals surface area (Å²) in [6.07, 6.45) is 1.71. The van der Waals surface area contributed by atoms with E-state index in [-0.39, 0.29) is 5.56 Å². The summed E-state index contributed by atoms with van der Waals surface area (Å²) in [6, 6.07) is 2.01. The second-order valence-corrected chi connectivity index (χ2v) is 4.41. The molecular formula is C10H9IN2O. The van der Waals surface area contributed by atoms with Crippen LogP contribution >= 0.6 is 22.6 Å². The van der Waals surface area contributed by atoms with Gasteiger partial charge in [-0.05, 0) is 48.1 Å². The zero-order valence-electron chi connectivity index (χ0n) is 7.89. The van der Waals surface area contributed by atoms with Crippen molar-refractivity contribution in [3.63, 3.8) is 0 Å². The van der Waals surface area contributed by atoms with Crippen molar-refractivity contribution in [2.24, 2.45) is 0 Å². The van der Waals surface area contributed by atoms with Crippen LogP contribution in [0.25, 0.3) is 10.9 Å². The van der Waals surface area contributed by atoms with Gasteiger partial charge in [0.1, 0.15) is 5.52 Å². The lowest BCUT2D eigenvalue weighted by molar-refractivity contribution is 1.15. The summed E-state index contributed by atoms with van der Waals surface area (Å²) in [5, 5.41) is 0.928. The Kier molecular flexibility index (Phi) is 2.30. The second-order valence-electron chi connectivity index (χ2n) is 3.25. The number of hydrogen-bond donors (Lipinski definition) is 1. The Balaban J connectivity index is 3.02. The van der Waals surface area contributed by atoms with Gasteiger partial charge in [-0.3, -0.25) is 4.79 Å². The van der Waals surface area contributed by atoms with E-state index in [4.69, 9.17) is 0 Å². The van der Waals surface area contributed by atoms with Crippen LogP contribution in [0.3, 0.4) is 0 Å². The van der Waals surface area contributed by atoms with Crippen LogP contribution in [0.15, 0.2) is 17.1 Å². The maximum Gasteiger partial charge on any atom is 0.274 e. The number of pyridine rings is 2. The highest BCUT2D eigenvalue weighted by molar-refractivity contribution is 14.1. The number of hydrogen-bond acceptors (Lipinski definition) is 2. The summed E-state index contributed by atoms with van der Waals surface area (Å²) in [6.45, 7) is 3.91. The molecule has 0 saturated carbocycles. The molecule has 0 aliphatic rings. The largest absolute Gasteiger partial charge is 0.326 e. The van der Waals surface area contributed by atoms with E-state index in [9.17, 15) is 4.79 Å². The van der Waals surface area contributed by atoms with Gasteiger partial charge in [-0.1, -0.05) is 0 Å². The molecule has 2 heterocycles. The lowest BCUT2D eigenvalue weighted by Gasteiger charge is -2.03. The molecule has 3 nitrogen and oxygen atoms in total. The summed E-state index contributed by atoms with van der Waals surface area (Å²) in [5.41, 5.74) is 2.43. The molecule has 0 atom stereocenters. The zero-order valence-corrected chi connectivity index (χ0v) is 10.0. The van der Waals surface area contributed by atoms with Crippen molar-refractivity contribution in [3.05, 3.63) is 37.4 Å². The van der Waals surface area contributed by atoms with Crippen molar-refractivity contribution in [3.8, 4) is 0 Å². The first-order valence-electron chi connectivity index (χ1n) is 4.25. The van der Waals surface area contributed by atoms with E-state index in [1.54, 1.807) is 6.20 Å². The number of H-pyrrole nitrogens is 1. The van der Waals surface area contributed by atoms with Gasteiger partial charge in [-0.2, -0.15) is 0 Å². The minimum Gasteiger partial charge on any atom is -0.326 e. The Labute approximate surface area is 94.7 Å². The third kappa shape index (κ3) is 1.43. The number of nitrogens with zero attached hydrogens (tertiary/aromatic N) is 1. The molecule has 4 heteroatoms. The lowest BCUT2D eigenvalue weighted by atomic mass is 10.1. The highest BCUT2D eigenvalue weighted by atomic mass is 127. The molecule has 0 spiro atoms. The maximum absolute atomic E-state index is 11.5. The first kappa shape index (κ1) is 9.64. The van der Waals surface area contributed by atoms with E-state index in [0.717, 1.165) is 20.2 Å². The fraction of sp³-hybridized carbons (Fsp3) is 0.200. The molecule has 0 unspecified atom stereocenters. The topological polar surface area (TPSA) is 45.8 Å². The van der Waals surface area contributed by atoms with Crippen molar-refractivity contribution in [1.29, 1.82) is 0 Å². The number of nitrogens with one attached hydrogen (secondary N) is 1. The quantitative estimate of drug-likeness (QED) is 0.758. The summed E-state index contributed by atoms with van der Waals surface area (Å²) < 4.78 is 1.02.